The average molecular weight is 653 g/mol. The van der Waals surface area contributed by atoms with Gasteiger partial charge in [-0.25, -0.2) is 12.8 Å². The number of benzene rings is 2. The molecule has 7 nitrogen and oxygen atoms in total. The molecule has 0 fully saturated rings. The molecule has 1 N–H and O–H groups in total. The predicted octanol–water partition coefficient (Wildman–Crippen LogP) is 6.17. The quantitative estimate of drug-likeness (QED) is 0.266. The van der Waals surface area contributed by atoms with Crippen molar-refractivity contribution in [3.63, 3.8) is 0 Å². The number of carbonyl (C=O) groups is 1. The summed E-state index contributed by atoms with van der Waals surface area (Å²) >= 11 is 0. The first kappa shape index (κ1) is 32.0. The van der Waals surface area contributed by atoms with Gasteiger partial charge in [-0.05, 0) is 69.8 Å². The molecule has 0 saturated carbocycles. The number of hydrogen-bond acceptors (Lipinski definition) is 6. The molecule has 0 saturated heterocycles. The zero-order chi connectivity index (χ0) is 32.7. The Labute approximate surface area is 252 Å². The average Bonchev–Trinajstić information content (AvgIpc) is 3.62. The lowest BCUT2D eigenvalue weighted by Crippen LogP contribution is -2.26. The number of aromatic nitrogens is 2. The minimum absolute atomic E-state index is 0.0330. The summed E-state index contributed by atoms with van der Waals surface area (Å²) in [7, 11) is -3.63. The van der Waals surface area contributed by atoms with Gasteiger partial charge < -0.3 is 10.2 Å². The van der Waals surface area contributed by atoms with E-state index < -0.39 is 45.3 Å². The van der Waals surface area contributed by atoms with Crippen molar-refractivity contribution in [2.45, 2.75) is 43.4 Å². The Morgan fingerprint density at radius 3 is 1.93 bits per heavy atom. The molecule has 1 amide bonds. The molecular weight excluding hydrogens is 629 g/mol. The summed E-state index contributed by atoms with van der Waals surface area (Å²) in [6.45, 7) is 1.07. The van der Waals surface area contributed by atoms with Crippen LogP contribution >= 0.6 is 0 Å². The van der Waals surface area contributed by atoms with Crippen LogP contribution in [-0.2, 0) is 48.4 Å². The van der Waals surface area contributed by atoms with E-state index in [1.54, 1.807) is 0 Å². The highest BCUT2D eigenvalue weighted by Crippen LogP contribution is 2.34. The van der Waals surface area contributed by atoms with Crippen LogP contribution in [0.25, 0.3) is 11.1 Å². The second kappa shape index (κ2) is 11.9. The predicted molar refractivity (Wildman–Crippen MR) is 148 cm³/mol. The summed E-state index contributed by atoms with van der Waals surface area (Å²) in [5.41, 5.74) is 1.43. The van der Waals surface area contributed by atoms with Crippen molar-refractivity contribution in [2.24, 2.45) is 0 Å². The van der Waals surface area contributed by atoms with Gasteiger partial charge in [0.2, 0.25) is 0 Å². The monoisotopic (exact) mass is 652 g/mol. The van der Waals surface area contributed by atoms with Gasteiger partial charge in [-0.2, -0.15) is 26.3 Å². The highest BCUT2D eigenvalue weighted by atomic mass is 32.2. The van der Waals surface area contributed by atoms with Gasteiger partial charge in [0.25, 0.3) is 5.91 Å². The number of halogens is 7. The number of hydrogen-bond donors (Lipinski definition) is 1. The third kappa shape index (κ3) is 7.14. The Hall–Kier alpha value is -4.37. The number of pyridine rings is 2. The number of sulfone groups is 1. The van der Waals surface area contributed by atoms with Crippen LogP contribution < -0.4 is 5.32 Å². The molecule has 2 aliphatic heterocycles. The molecule has 45 heavy (non-hydrogen) atoms. The Balaban J connectivity index is 0.000000256. The Morgan fingerprint density at radius 1 is 0.778 bits per heavy atom. The third-order valence-corrected chi connectivity index (χ3v) is 8.30. The Kier molecular flexibility index (Phi) is 8.44. The van der Waals surface area contributed by atoms with E-state index >= 15 is 0 Å². The van der Waals surface area contributed by atoms with Crippen molar-refractivity contribution in [3.05, 3.63) is 112 Å². The van der Waals surface area contributed by atoms with Crippen LogP contribution in [0.2, 0.25) is 0 Å². The van der Waals surface area contributed by atoms with E-state index in [1.807, 2.05) is 0 Å². The fourth-order valence-electron chi connectivity index (χ4n) is 4.90. The maximum absolute atomic E-state index is 13.4. The minimum atomic E-state index is -4.61. The van der Waals surface area contributed by atoms with Gasteiger partial charge in [-0.15, -0.1) is 0 Å². The van der Waals surface area contributed by atoms with Crippen molar-refractivity contribution < 1.29 is 43.9 Å². The maximum Gasteiger partial charge on any atom is 0.433 e. The summed E-state index contributed by atoms with van der Waals surface area (Å²) in [4.78, 5) is 21.4. The van der Waals surface area contributed by atoms with Gasteiger partial charge in [-0.1, -0.05) is 18.2 Å². The molecule has 6 rings (SSSR count). The van der Waals surface area contributed by atoms with E-state index in [2.05, 4.69) is 15.3 Å². The summed E-state index contributed by atoms with van der Waals surface area (Å²) in [5, 5.41) is 2.96. The van der Waals surface area contributed by atoms with Gasteiger partial charge >= 0.3 is 12.4 Å². The molecule has 4 aromatic rings. The van der Waals surface area contributed by atoms with Crippen LogP contribution in [0.5, 0.6) is 0 Å². The van der Waals surface area contributed by atoms with E-state index in [0.717, 1.165) is 30.1 Å². The molecule has 0 aliphatic carbocycles. The molecule has 15 heteroatoms. The number of carbonyl (C=O) groups excluding carboxylic acids is 1. The molecule has 0 bridgehead atoms. The lowest BCUT2D eigenvalue weighted by atomic mass is 9.98. The molecular formula is C30H23F7N4O3S. The van der Waals surface area contributed by atoms with Crippen LogP contribution in [0.3, 0.4) is 0 Å². The summed E-state index contributed by atoms with van der Waals surface area (Å²) < 4.78 is 113. The highest BCUT2D eigenvalue weighted by Gasteiger charge is 2.35. The van der Waals surface area contributed by atoms with Gasteiger partial charge in [0, 0.05) is 50.4 Å². The van der Waals surface area contributed by atoms with Crippen LogP contribution in [0.15, 0.2) is 71.9 Å². The zero-order valence-electron chi connectivity index (χ0n) is 23.3. The van der Waals surface area contributed by atoms with E-state index in [4.69, 9.17) is 0 Å². The number of fused-ring (bicyclic) bond motifs is 2. The molecule has 236 valence electrons. The highest BCUT2D eigenvalue weighted by molar-refractivity contribution is 7.90. The SMILES string of the molecule is CS(=O)(=O)c1ccc(-c2ccc(F)cc2)c(C(=O)N2Cc3cnc(C(F)(F)F)cc3C2)c1.FC(F)(F)c1cc2c(cn1)CNC2. The molecule has 2 aromatic heterocycles. The van der Waals surface area contributed by atoms with E-state index in [9.17, 15) is 43.9 Å². The van der Waals surface area contributed by atoms with Gasteiger partial charge in [0.05, 0.1) is 4.90 Å². The molecule has 4 heterocycles. The molecule has 2 aliphatic rings. The minimum Gasteiger partial charge on any atom is -0.330 e. The molecule has 0 atom stereocenters. The normalized spacial score (nSPS) is 14.4. The first-order valence-electron chi connectivity index (χ1n) is 13.2. The van der Waals surface area contributed by atoms with Gasteiger partial charge in [-0.3, -0.25) is 14.8 Å². The molecule has 0 unspecified atom stereocenters. The zero-order valence-corrected chi connectivity index (χ0v) is 24.1. The number of rotatable bonds is 3. The van der Waals surface area contributed by atoms with Crippen molar-refractivity contribution >= 4 is 15.7 Å². The van der Waals surface area contributed by atoms with Crippen molar-refractivity contribution in [1.29, 1.82) is 0 Å². The Morgan fingerprint density at radius 2 is 1.33 bits per heavy atom. The fourth-order valence-corrected chi connectivity index (χ4v) is 5.55. The fraction of sp³-hybridized carbons (Fsp3) is 0.233. The number of alkyl halides is 6. The lowest BCUT2D eigenvalue weighted by Gasteiger charge is -2.19. The number of nitrogens with one attached hydrogen (secondary N) is 1. The smallest absolute Gasteiger partial charge is 0.330 e. The lowest BCUT2D eigenvalue weighted by molar-refractivity contribution is -0.142. The first-order chi connectivity index (χ1) is 21.0. The largest absolute Gasteiger partial charge is 0.433 e. The first-order valence-corrected chi connectivity index (χ1v) is 15.1. The van der Waals surface area contributed by atoms with Crippen molar-refractivity contribution in [1.82, 2.24) is 20.2 Å². The third-order valence-electron chi connectivity index (χ3n) is 7.19. The standard InChI is InChI=1S/C22H16F4N2O3S.C8H7F3N2/c1-32(30,31)17-6-7-18(13-2-4-16(23)5-3-13)19(9-17)21(29)28-11-14-8-20(22(24,25)26)27-10-15(14)12-28;9-8(10,11)7-1-5-2-12-3-6(5)4-13-7/h2-10H,11-12H2,1H3;1,4,12H,2-3H2. The molecule has 0 radical (unpaired) electrons. The summed E-state index contributed by atoms with van der Waals surface area (Å²) in [5.74, 6) is -1.03. The van der Waals surface area contributed by atoms with Crippen LogP contribution in [-0.4, -0.2) is 35.4 Å². The molecule has 2 aromatic carbocycles. The second-order valence-electron chi connectivity index (χ2n) is 10.4. The Bertz CT molecular complexity index is 1880. The van der Waals surface area contributed by atoms with Crippen molar-refractivity contribution in [3.8, 4) is 11.1 Å². The number of nitrogens with zero attached hydrogens (tertiary/aromatic N) is 3. The summed E-state index contributed by atoms with van der Waals surface area (Å²) in [6.07, 6.45) is -5.55. The number of amides is 1. The van der Waals surface area contributed by atoms with Gasteiger partial charge in [0.1, 0.15) is 17.2 Å². The van der Waals surface area contributed by atoms with E-state index in [0.29, 0.717) is 40.9 Å². The van der Waals surface area contributed by atoms with Crippen molar-refractivity contribution in [2.75, 3.05) is 6.26 Å². The molecule has 0 spiro atoms. The second-order valence-corrected chi connectivity index (χ2v) is 12.4. The van der Waals surface area contributed by atoms with E-state index in [1.165, 1.54) is 53.6 Å². The van der Waals surface area contributed by atoms with Crippen LogP contribution in [0.1, 0.15) is 44.0 Å². The van der Waals surface area contributed by atoms with Crippen LogP contribution in [0, 0.1) is 5.82 Å². The van der Waals surface area contributed by atoms with E-state index in [-0.39, 0.29) is 23.5 Å². The summed E-state index contributed by atoms with van der Waals surface area (Å²) in [6, 6.07) is 11.4. The topological polar surface area (TPSA) is 92.3 Å². The maximum atomic E-state index is 13.4. The van der Waals surface area contributed by atoms with Crippen LogP contribution in [0.4, 0.5) is 30.7 Å². The van der Waals surface area contributed by atoms with Gasteiger partial charge in [0.15, 0.2) is 9.84 Å².